The molecule has 0 fully saturated rings. The van der Waals surface area contributed by atoms with Crippen molar-refractivity contribution in [2.24, 2.45) is 0 Å². The quantitative estimate of drug-likeness (QED) is 0.606. The van der Waals surface area contributed by atoms with Crippen molar-refractivity contribution in [3.05, 3.63) is 58.3 Å². The molecule has 21 heavy (non-hydrogen) atoms. The van der Waals surface area contributed by atoms with Crippen LogP contribution < -0.4 is 0 Å². The number of para-hydroxylation sites is 1. The molecule has 1 atom stereocenters. The van der Waals surface area contributed by atoms with Gasteiger partial charge in [-0.1, -0.05) is 28.1 Å². The Morgan fingerprint density at radius 3 is 2.76 bits per heavy atom. The maximum atomic E-state index is 9.35. The lowest BCUT2D eigenvalue weighted by atomic mass is 10.2. The van der Waals surface area contributed by atoms with Crippen LogP contribution in [0.5, 0.6) is 0 Å². The van der Waals surface area contributed by atoms with Gasteiger partial charge in [-0.15, -0.1) is 11.6 Å². The average molecular weight is 361 g/mol. The first-order chi connectivity index (χ1) is 10.1. The first-order valence-electron chi connectivity index (χ1n) is 6.43. The zero-order valence-electron chi connectivity index (χ0n) is 11.2. The van der Waals surface area contributed by atoms with Crippen LogP contribution in [-0.2, 0) is 0 Å². The number of halogens is 2. The van der Waals surface area contributed by atoms with Gasteiger partial charge in [0.15, 0.2) is 0 Å². The van der Waals surface area contributed by atoms with Crippen LogP contribution in [0, 0.1) is 11.3 Å². The lowest BCUT2D eigenvalue weighted by Gasteiger charge is -2.12. The van der Waals surface area contributed by atoms with E-state index in [2.05, 4.69) is 27.0 Å². The Labute approximate surface area is 135 Å². The van der Waals surface area contributed by atoms with Crippen molar-refractivity contribution in [2.45, 2.75) is 12.3 Å². The Morgan fingerprint density at radius 2 is 2.05 bits per heavy atom. The fraction of sp³-hybridized carbons (Fsp3) is 0.125. The first-order valence-corrected chi connectivity index (χ1v) is 7.66. The third-order valence-electron chi connectivity index (χ3n) is 3.26. The standard InChI is InChI=1S/C16H11BrClN3/c1-10(18)16-20-13-7-6-12(17)8-15(13)21(16)14-5-3-2-4-11(14)9-19/h2-8,10H,1H3. The predicted octanol–water partition coefficient (Wildman–Crippen LogP) is 4.96. The number of rotatable bonds is 2. The average Bonchev–Trinajstić information content (AvgIpc) is 2.85. The van der Waals surface area contributed by atoms with E-state index in [1.807, 2.05) is 47.9 Å². The van der Waals surface area contributed by atoms with Crippen molar-refractivity contribution in [3.63, 3.8) is 0 Å². The van der Waals surface area contributed by atoms with Crippen molar-refractivity contribution in [2.75, 3.05) is 0 Å². The number of imidazole rings is 1. The minimum absolute atomic E-state index is 0.261. The molecular formula is C16H11BrClN3. The summed E-state index contributed by atoms with van der Waals surface area (Å²) in [5.41, 5.74) is 3.17. The summed E-state index contributed by atoms with van der Waals surface area (Å²) in [6.07, 6.45) is 0. The summed E-state index contributed by atoms with van der Waals surface area (Å²) in [7, 11) is 0. The molecule has 0 aliphatic carbocycles. The molecule has 0 aliphatic rings. The van der Waals surface area contributed by atoms with E-state index >= 15 is 0 Å². The highest BCUT2D eigenvalue weighted by Crippen LogP contribution is 2.30. The van der Waals surface area contributed by atoms with Gasteiger partial charge >= 0.3 is 0 Å². The molecular weight excluding hydrogens is 350 g/mol. The van der Waals surface area contributed by atoms with Crippen molar-refractivity contribution in [1.29, 1.82) is 5.26 Å². The smallest absolute Gasteiger partial charge is 0.132 e. The van der Waals surface area contributed by atoms with E-state index in [1.54, 1.807) is 6.07 Å². The van der Waals surface area contributed by atoms with Gasteiger partial charge in [-0.2, -0.15) is 5.26 Å². The van der Waals surface area contributed by atoms with Gasteiger partial charge in [0.25, 0.3) is 0 Å². The molecule has 2 aromatic carbocycles. The summed E-state index contributed by atoms with van der Waals surface area (Å²) in [5.74, 6) is 0.729. The molecule has 1 heterocycles. The summed E-state index contributed by atoms with van der Waals surface area (Å²) in [6.45, 7) is 1.88. The Balaban J connectivity index is 2.42. The highest BCUT2D eigenvalue weighted by atomic mass is 79.9. The highest BCUT2D eigenvalue weighted by molar-refractivity contribution is 9.10. The largest absolute Gasteiger partial charge is 0.294 e. The minimum Gasteiger partial charge on any atom is -0.294 e. The third kappa shape index (κ3) is 2.44. The van der Waals surface area contributed by atoms with Crippen LogP contribution in [0.1, 0.15) is 23.7 Å². The van der Waals surface area contributed by atoms with Crippen LogP contribution >= 0.6 is 27.5 Å². The van der Waals surface area contributed by atoms with E-state index in [-0.39, 0.29) is 5.38 Å². The number of aromatic nitrogens is 2. The van der Waals surface area contributed by atoms with Crippen molar-refractivity contribution in [3.8, 4) is 11.8 Å². The number of hydrogen-bond acceptors (Lipinski definition) is 2. The van der Waals surface area contributed by atoms with Crippen LogP contribution in [0.15, 0.2) is 46.9 Å². The molecule has 3 aromatic rings. The summed E-state index contributed by atoms with van der Waals surface area (Å²) < 4.78 is 2.91. The second-order valence-electron chi connectivity index (χ2n) is 4.68. The molecule has 0 aliphatic heterocycles. The van der Waals surface area contributed by atoms with Gasteiger partial charge in [0.05, 0.1) is 27.7 Å². The Kier molecular flexibility index (Phi) is 3.71. The Morgan fingerprint density at radius 1 is 1.29 bits per heavy atom. The zero-order chi connectivity index (χ0) is 15.0. The highest BCUT2D eigenvalue weighted by Gasteiger charge is 2.18. The van der Waals surface area contributed by atoms with E-state index in [0.29, 0.717) is 5.56 Å². The van der Waals surface area contributed by atoms with Gasteiger partial charge in [-0.05, 0) is 37.3 Å². The van der Waals surface area contributed by atoms with E-state index < -0.39 is 0 Å². The zero-order valence-corrected chi connectivity index (χ0v) is 13.6. The molecule has 0 amide bonds. The maximum Gasteiger partial charge on any atom is 0.132 e. The Hall–Kier alpha value is -1.83. The number of fused-ring (bicyclic) bond motifs is 1. The van der Waals surface area contributed by atoms with Crippen molar-refractivity contribution >= 4 is 38.6 Å². The van der Waals surface area contributed by atoms with Gasteiger partial charge in [0.1, 0.15) is 11.9 Å². The molecule has 0 saturated heterocycles. The number of nitriles is 1. The topological polar surface area (TPSA) is 41.6 Å². The minimum atomic E-state index is -0.261. The summed E-state index contributed by atoms with van der Waals surface area (Å²) in [4.78, 5) is 4.61. The fourth-order valence-corrected chi connectivity index (χ4v) is 2.85. The lowest BCUT2D eigenvalue weighted by Crippen LogP contribution is -2.03. The predicted molar refractivity (Wildman–Crippen MR) is 87.8 cm³/mol. The van der Waals surface area contributed by atoms with Gasteiger partial charge in [0, 0.05) is 4.47 Å². The third-order valence-corrected chi connectivity index (χ3v) is 3.95. The molecule has 5 heteroatoms. The van der Waals surface area contributed by atoms with Gasteiger partial charge < -0.3 is 0 Å². The molecule has 3 nitrogen and oxygen atoms in total. The summed E-state index contributed by atoms with van der Waals surface area (Å²) in [5, 5.41) is 9.09. The first kappa shape index (κ1) is 14.1. The van der Waals surface area contributed by atoms with Crippen LogP contribution in [0.3, 0.4) is 0 Å². The fourth-order valence-electron chi connectivity index (χ4n) is 2.35. The van der Waals surface area contributed by atoms with Crippen LogP contribution in [0.2, 0.25) is 0 Å². The number of alkyl halides is 1. The monoisotopic (exact) mass is 359 g/mol. The molecule has 1 aromatic heterocycles. The van der Waals surface area contributed by atoms with E-state index in [4.69, 9.17) is 11.6 Å². The second kappa shape index (κ2) is 5.51. The molecule has 0 spiro atoms. The molecule has 0 bridgehead atoms. The molecule has 104 valence electrons. The summed E-state index contributed by atoms with van der Waals surface area (Å²) >= 11 is 9.77. The molecule has 3 rings (SSSR count). The molecule has 1 unspecified atom stereocenters. The Bertz CT molecular complexity index is 862. The van der Waals surface area contributed by atoms with Crippen molar-refractivity contribution in [1.82, 2.24) is 9.55 Å². The normalized spacial score (nSPS) is 12.3. The number of benzene rings is 2. The van der Waals surface area contributed by atoms with Gasteiger partial charge in [-0.25, -0.2) is 4.98 Å². The molecule has 0 N–H and O–H groups in total. The maximum absolute atomic E-state index is 9.35. The molecule has 0 saturated carbocycles. The van der Waals surface area contributed by atoms with E-state index in [9.17, 15) is 5.26 Å². The number of hydrogen-bond donors (Lipinski definition) is 0. The van der Waals surface area contributed by atoms with Crippen molar-refractivity contribution < 1.29 is 0 Å². The van der Waals surface area contributed by atoms with Crippen LogP contribution in [0.4, 0.5) is 0 Å². The van der Waals surface area contributed by atoms with Crippen LogP contribution in [0.25, 0.3) is 16.7 Å². The van der Waals surface area contributed by atoms with Gasteiger partial charge in [-0.3, -0.25) is 4.57 Å². The van der Waals surface area contributed by atoms with E-state index in [0.717, 1.165) is 27.0 Å². The van der Waals surface area contributed by atoms with Gasteiger partial charge in [0.2, 0.25) is 0 Å². The second-order valence-corrected chi connectivity index (χ2v) is 6.25. The SMILES string of the molecule is CC(Cl)c1nc2ccc(Br)cc2n1-c1ccccc1C#N. The van der Waals surface area contributed by atoms with Crippen LogP contribution in [-0.4, -0.2) is 9.55 Å². The number of nitrogens with zero attached hydrogens (tertiary/aromatic N) is 3. The lowest BCUT2D eigenvalue weighted by molar-refractivity contribution is 0.881. The summed E-state index contributed by atoms with van der Waals surface area (Å²) in [6, 6.07) is 15.5. The molecule has 0 radical (unpaired) electrons. The van der Waals surface area contributed by atoms with E-state index in [1.165, 1.54) is 0 Å².